The highest BCUT2D eigenvalue weighted by molar-refractivity contribution is 7.99. The molecule has 2 aromatic rings. The number of carbonyl (C=O) groups is 1. The molecular formula is C19H21ClFNOS2. The number of thioether (sulfide) groups is 2. The SMILES string of the molecule is C[C@H](SCc1ccccc1)C(=O)NCCSCc1c(F)cccc1Cl. The second-order valence-corrected chi connectivity index (χ2v) is 8.32. The van der Waals surface area contributed by atoms with Crippen molar-refractivity contribution in [2.45, 2.75) is 23.7 Å². The van der Waals surface area contributed by atoms with E-state index in [-0.39, 0.29) is 17.0 Å². The van der Waals surface area contributed by atoms with E-state index in [1.165, 1.54) is 11.6 Å². The molecule has 0 unspecified atom stereocenters. The number of nitrogens with one attached hydrogen (secondary N) is 1. The van der Waals surface area contributed by atoms with Crippen LogP contribution >= 0.6 is 35.1 Å². The molecule has 0 aliphatic heterocycles. The number of halogens is 2. The Hall–Kier alpha value is -1.17. The van der Waals surface area contributed by atoms with Gasteiger partial charge < -0.3 is 5.32 Å². The third-order valence-corrected chi connectivity index (χ3v) is 6.12. The van der Waals surface area contributed by atoms with Crippen molar-refractivity contribution < 1.29 is 9.18 Å². The average molecular weight is 398 g/mol. The number of benzene rings is 2. The van der Waals surface area contributed by atoms with Crippen LogP contribution in [0.5, 0.6) is 0 Å². The summed E-state index contributed by atoms with van der Waals surface area (Å²) in [6.07, 6.45) is 0. The first-order valence-electron chi connectivity index (χ1n) is 8.02. The normalized spacial score (nSPS) is 12.0. The van der Waals surface area contributed by atoms with Gasteiger partial charge in [-0.05, 0) is 24.6 Å². The van der Waals surface area contributed by atoms with Gasteiger partial charge in [-0.15, -0.1) is 11.8 Å². The zero-order chi connectivity index (χ0) is 18.1. The van der Waals surface area contributed by atoms with Crippen LogP contribution in [0, 0.1) is 5.82 Å². The second kappa shape index (κ2) is 10.7. The molecule has 2 aromatic carbocycles. The van der Waals surface area contributed by atoms with Crippen LogP contribution in [0.3, 0.4) is 0 Å². The van der Waals surface area contributed by atoms with Gasteiger partial charge in [-0.2, -0.15) is 11.8 Å². The van der Waals surface area contributed by atoms with Crippen LogP contribution in [0.2, 0.25) is 5.02 Å². The van der Waals surface area contributed by atoms with Crippen LogP contribution in [0.4, 0.5) is 4.39 Å². The molecule has 2 rings (SSSR count). The summed E-state index contributed by atoms with van der Waals surface area (Å²) in [7, 11) is 0. The lowest BCUT2D eigenvalue weighted by atomic mass is 10.2. The van der Waals surface area contributed by atoms with Crippen molar-refractivity contribution in [3.63, 3.8) is 0 Å². The highest BCUT2D eigenvalue weighted by Gasteiger charge is 2.13. The van der Waals surface area contributed by atoms with Crippen LogP contribution in [0.25, 0.3) is 0 Å². The minimum absolute atomic E-state index is 0.0328. The maximum Gasteiger partial charge on any atom is 0.232 e. The molecule has 25 heavy (non-hydrogen) atoms. The van der Waals surface area contributed by atoms with Crippen LogP contribution in [0.15, 0.2) is 48.5 Å². The Kier molecular flexibility index (Phi) is 8.65. The molecule has 2 nitrogen and oxygen atoms in total. The first kappa shape index (κ1) is 20.1. The topological polar surface area (TPSA) is 29.1 Å². The molecule has 0 spiro atoms. The summed E-state index contributed by atoms with van der Waals surface area (Å²) in [5.41, 5.74) is 1.73. The van der Waals surface area contributed by atoms with Gasteiger partial charge in [0.2, 0.25) is 5.91 Å². The molecule has 0 fully saturated rings. The zero-order valence-electron chi connectivity index (χ0n) is 14.0. The van der Waals surface area contributed by atoms with Gasteiger partial charge in [-0.25, -0.2) is 4.39 Å². The highest BCUT2D eigenvalue weighted by atomic mass is 35.5. The lowest BCUT2D eigenvalue weighted by Gasteiger charge is -2.12. The molecule has 0 aliphatic rings. The lowest BCUT2D eigenvalue weighted by molar-refractivity contribution is -0.120. The Morgan fingerprint density at radius 1 is 1.16 bits per heavy atom. The van der Waals surface area contributed by atoms with E-state index in [1.54, 1.807) is 35.7 Å². The summed E-state index contributed by atoms with van der Waals surface area (Å²) in [4.78, 5) is 12.1. The van der Waals surface area contributed by atoms with E-state index in [2.05, 4.69) is 17.4 Å². The zero-order valence-corrected chi connectivity index (χ0v) is 16.4. The van der Waals surface area contributed by atoms with Gasteiger partial charge >= 0.3 is 0 Å². The minimum Gasteiger partial charge on any atom is -0.354 e. The third-order valence-electron chi connectivity index (χ3n) is 3.57. The molecule has 1 atom stereocenters. The number of rotatable bonds is 9. The molecule has 6 heteroatoms. The second-order valence-electron chi connectivity index (χ2n) is 5.48. The van der Waals surface area contributed by atoms with Crippen molar-refractivity contribution in [1.29, 1.82) is 0 Å². The Bertz CT molecular complexity index is 664. The standard InChI is InChI=1S/C19H21ClFNOS2/c1-14(25-12-15-6-3-2-4-7-15)19(23)22-10-11-24-13-16-17(20)8-5-9-18(16)21/h2-9,14H,10-13H2,1H3,(H,22,23)/t14-/m0/s1. The van der Waals surface area contributed by atoms with Gasteiger partial charge in [-0.1, -0.05) is 48.0 Å². The number of carbonyl (C=O) groups excluding carboxylic acids is 1. The van der Waals surface area contributed by atoms with E-state index in [0.29, 0.717) is 28.6 Å². The molecule has 1 amide bonds. The van der Waals surface area contributed by atoms with Crippen molar-refractivity contribution in [3.05, 3.63) is 70.5 Å². The fourth-order valence-electron chi connectivity index (χ4n) is 2.11. The molecule has 0 heterocycles. The number of amides is 1. The highest BCUT2D eigenvalue weighted by Crippen LogP contribution is 2.23. The predicted molar refractivity (Wildman–Crippen MR) is 108 cm³/mol. The van der Waals surface area contributed by atoms with E-state index < -0.39 is 0 Å². The van der Waals surface area contributed by atoms with Crippen molar-refractivity contribution in [1.82, 2.24) is 5.32 Å². The molecule has 134 valence electrons. The quantitative estimate of drug-likeness (QED) is 0.593. The molecule has 0 aliphatic carbocycles. The first-order chi connectivity index (χ1) is 12.1. The van der Waals surface area contributed by atoms with E-state index >= 15 is 0 Å². The number of hydrogen-bond acceptors (Lipinski definition) is 3. The Morgan fingerprint density at radius 3 is 2.64 bits per heavy atom. The summed E-state index contributed by atoms with van der Waals surface area (Å²) >= 11 is 9.16. The number of hydrogen-bond donors (Lipinski definition) is 1. The van der Waals surface area contributed by atoms with Crippen molar-refractivity contribution in [2.75, 3.05) is 12.3 Å². The molecule has 0 radical (unpaired) electrons. The van der Waals surface area contributed by atoms with Crippen LogP contribution in [-0.2, 0) is 16.3 Å². The van der Waals surface area contributed by atoms with Crippen LogP contribution in [-0.4, -0.2) is 23.5 Å². The largest absolute Gasteiger partial charge is 0.354 e. The molecule has 0 aromatic heterocycles. The molecule has 0 saturated heterocycles. The van der Waals surface area contributed by atoms with Crippen LogP contribution < -0.4 is 5.32 Å². The predicted octanol–water partition coefficient (Wildman–Crippen LogP) is 5.15. The van der Waals surface area contributed by atoms with Gasteiger partial charge in [0.05, 0.1) is 5.25 Å². The smallest absolute Gasteiger partial charge is 0.232 e. The maximum atomic E-state index is 13.6. The van der Waals surface area contributed by atoms with Crippen molar-refractivity contribution in [3.8, 4) is 0 Å². The lowest BCUT2D eigenvalue weighted by Crippen LogP contribution is -2.32. The van der Waals surface area contributed by atoms with E-state index in [9.17, 15) is 9.18 Å². The van der Waals surface area contributed by atoms with E-state index in [1.807, 2.05) is 25.1 Å². The minimum atomic E-state index is -0.282. The Balaban J connectivity index is 1.63. The van der Waals surface area contributed by atoms with Gasteiger partial charge in [-0.3, -0.25) is 4.79 Å². The van der Waals surface area contributed by atoms with Gasteiger partial charge in [0, 0.05) is 34.4 Å². The van der Waals surface area contributed by atoms with E-state index in [0.717, 1.165) is 5.75 Å². The van der Waals surface area contributed by atoms with Gasteiger partial charge in [0.15, 0.2) is 0 Å². The monoisotopic (exact) mass is 397 g/mol. The summed E-state index contributed by atoms with van der Waals surface area (Å²) < 4.78 is 13.6. The molecule has 0 saturated carbocycles. The van der Waals surface area contributed by atoms with Crippen molar-refractivity contribution >= 4 is 41.0 Å². The van der Waals surface area contributed by atoms with Gasteiger partial charge in [0.25, 0.3) is 0 Å². The van der Waals surface area contributed by atoms with Crippen molar-refractivity contribution in [2.24, 2.45) is 0 Å². The van der Waals surface area contributed by atoms with Gasteiger partial charge in [0.1, 0.15) is 5.82 Å². The fraction of sp³-hybridized carbons (Fsp3) is 0.316. The summed E-state index contributed by atoms with van der Waals surface area (Å²) in [5, 5.41) is 3.27. The molecule has 0 bridgehead atoms. The fourth-order valence-corrected chi connectivity index (χ4v) is 4.17. The summed E-state index contributed by atoms with van der Waals surface area (Å²) in [6, 6.07) is 14.8. The van der Waals surface area contributed by atoms with E-state index in [4.69, 9.17) is 11.6 Å². The van der Waals surface area contributed by atoms with Crippen LogP contribution in [0.1, 0.15) is 18.1 Å². The molecule has 1 N–H and O–H groups in total. The average Bonchev–Trinajstić information content (AvgIpc) is 2.62. The maximum absolute atomic E-state index is 13.6. The Morgan fingerprint density at radius 2 is 1.92 bits per heavy atom. The Labute approximate surface area is 161 Å². The summed E-state index contributed by atoms with van der Waals surface area (Å²) in [5.74, 6) is 1.78. The molecular weight excluding hydrogens is 377 g/mol. The first-order valence-corrected chi connectivity index (χ1v) is 10.6. The summed E-state index contributed by atoms with van der Waals surface area (Å²) in [6.45, 7) is 2.47. The third kappa shape index (κ3) is 6.92.